The second-order valence-electron chi connectivity index (χ2n) is 16.6. The minimum Gasteiger partial charge on any atom is -0.497 e. The fourth-order valence-electron chi connectivity index (χ4n) is 9.08. The second kappa shape index (κ2) is 17.7. The van der Waals surface area contributed by atoms with Crippen LogP contribution in [0.3, 0.4) is 0 Å². The number of amides is 3. The number of anilines is 3. The Labute approximate surface area is 356 Å². The van der Waals surface area contributed by atoms with Gasteiger partial charge in [0, 0.05) is 35.6 Å². The van der Waals surface area contributed by atoms with Gasteiger partial charge in [-0.1, -0.05) is 85.0 Å². The lowest BCUT2D eigenvalue weighted by Gasteiger charge is -2.37. The van der Waals surface area contributed by atoms with Crippen LogP contribution in [0, 0.1) is 5.92 Å². The molecule has 0 bridgehead atoms. The number of nitrogens with zero attached hydrogens (tertiary/aromatic N) is 4. The molecule has 2 aliphatic rings. The van der Waals surface area contributed by atoms with Crippen molar-refractivity contribution < 1.29 is 39.2 Å². The first-order valence-electron chi connectivity index (χ1n) is 20.6. The van der Waals surface area contributed by atoms with E-state index in [-0.39, 0.29) is 36.4 Å². The Morgan fingerprint density at radius 2 is 1.56 bits per heavy atom. The minimum absolute atomic E-state index is 0.0948. The van der Waals surface area contributed by atoms with Gasteiger partial charge in [-0.25, -0.2) is 0 Å². The molecule has 7 atom stereocenters. The Kier molecular flexibility index (Phi) is 12.6. The number of hydrogen-bond donors (Lipinski definition) is 5. The maximum atomic E-state index is 15.4. The molecule has 14 nitrogen and oxygen atoms in total. The van der Waals surface area contributed by atoms with Crippen molar-refractivity contribution in [2.75, 3.05) is 29.3 Å². The quantitative estimate of drug-likeness (QED) is 0.0908. The van der Waals surface area contributed by atoms with Crippen molar-refractivity contribution in [2.24, 2.45) is 5.92 Å². The van der Waals surface area contributed by atoms with Crippen molar-refractivity contribution in [3.05, 3.63) is 126 Å². The second-order valence-corrected chi connectivity index (χ2v) is 21.3. The van der Waals surface area contributed by atoms with E-state index in [0.29, 0.717) is 41.3 Å². The number of hydrogen-bond acceptors (Lipinski definition) is 10. The van der Waals surface area contributed by atoms with Crippen LogP contribution in [0.1, 0.15) is 55.5 Å². The van der Waals surface area contributed by atoms with Gasteiger partial charge in [-0.3, -0.25) is 19.1 Å². The van der Waals surface area contributed by atoms with Crippen LogP contribution in [-0.2, 0) is 37.8 Å². The molecule has 1 fully saturated rings. The molecule has 1 spiro atoms. The number of nitrogens with one attached hydrogen (secondary N) is 2. The van der Waals surface area contributed by atoms with Crippen molar-refractivity contribution in [1.29, 1.82) is 0 Å². The highest BCUT2D eigenvalue weighted by molar-refractivity contribution is 6.91. The number of carbonyl (C=O) groups excluding carboxylic acids is 3. The van der Waals surface area contributed by atoms with Gasteiger partial charge in [0.05, 0.1) is 51.7 Å². The predicted molar refractivity (Wildman–Crippen MR) is 234 cm³/mol. The van der Waals surface area contributed by atoms with Crippen LogP contribution in [0.2, 0.25) is 18.6 Å². The first-order chi connectivity index (χ1) is 29.2. The van der Waals surface area contributed by atoms with Gasteiger partial charge in [0.1, 0.15) is 18.0 Å². The van der Waals surface area contributed by atoms with Crippen LogP contribution in [0.15, 0.2) is 103 Å². The van der Waals surface area contributed by atoms with Crippen LogP contribution in [0.5, 0.6) is 5.75 Å². The molecule has 7 rings (SSSR count). The maximum absolute atomic E-state index is 15.4. The number of rotatable bonds is 15. The van der Waals surface area contributed by atoms with Crippen molar-refractivity contribution in [3.63, 3.8) is 0 Å². The summed E-state index contributed by atoms with van der Waals surface area (Å²) in [5.41, 5.74) is 3.03. The third-order valence-electron chi connectivity index (χ3n) is 12.4. The molecule has 5 aromatic rings. The van der Waals surface area contributed by atoms with Crippen LogP contribution < -0.4 is 25.5 Å². The first-order valence-corrected chi connectivity index (χ1v) is 23.7. The summed E-state index contributed by atoms with van der Waals surface area (Å²) in [7, 11) is -0.879. The third-order valence-corrected chi connectivity index (χ3v) is 16.7. The van der Waals surface area contributed by atoms with Gasteiger partial charge < -0.3 is 40.3 Å². The van der Waals surface area contributed by atoms with Crippen LogP contribution >= 0.6 is 0 Å². The van der Waals surface area contributed by atoms with Gasteiger partial charge in [-0.05, 0) is 79.4 Å². The predicted octanol–water partition coefficient (Wildman–Crippen LogP) is 4.90. The number of carbonyl (C=O) groups is 3. The SMILES string of the molecule is COc1ccc([Si](C)(C)[C@@H]2[C@@H](CCn3cc(C(CO)c4ccccc4)nn3)O[C@]3(C(=O)N(Cc4ccc(NC(=O)[C@H](C)O)cc4)c4ccc(NC(=O)[C@H](C)O)cc43)[C@H]2C)cc1. The highest BCUT2D eigenvalue weighted by Gasteiger charge is 2.66. The average molecular weight is 847 g/mol. The Morgan fingerprint density at radius 3 is 2.18 bits per heavy atom. The maximum Gasteiger partial charge on any atom is 0.264 e. The molecular weight excluding hydrogens is 793 g/mol. The average Bonchev–Trinajstić information content (AvgIpc) is 3.91. The zero-order valence-corrected chi connectivity index (χ0v) is 36.3. The van der Waals surface area contributed by atoms with Gasteiger partial charge in [0.2, 0.25) is 0 Å². The summed E-state index contributed by atoms with van der Waals surface area (Å²) in [6.45, 7) is 9.99. The molecule has 0 radical (unpaired) electrons. The molecule has 3 amide bonds. The highest BCUT2D eigenvalue weighted by Crippen LogP contribution is 2.60. The van der Waals surface area contributed by atoms with Gasteiger partial charge in [-0.2, -0.15) is 0 Å². The molecule has 1 aromatic heterocycles. The largest absolute Gasteiger partial charge is 0.497 e. The molecule has 2 aliphatic heterocycles. The molecule has 0 saturated carbocycles. The normalized spacial score (nSPS) is 21.2. The first kappa shape index (κ1) is 43.4. The Balaban J connectivity index is 1.27. The molecule has 3 heterocycles. The third kappa shape index (κ3) is 8.48. The molecule has 1 saturated heterocycles. The number of aromatic nitrogens is 3. The van der Waals surface area contributed by atoms with E-state index in [1.54, 1.807) is 41.0 Å². The van der Waals surface area contributed by atoms with Gasteiger partial charge >= 0.3 is 0 Å². The highest BCUT2D eigenvalue weighted by atomic mass is 28.3. The van der Waals surface area contributed by atoms with Crippen molar-refractivity contribution in [1.82, 2.24) is 15.0 Å². The van der Waals surface area contributed by atoms with Crippen molar-refractivity contribution in [3.8, 4) is 5.75 Å². The lowest BCUT2D eigenvalue weighted by atomic mass is 9.82. The fourth-order valence-corrected chi connectivity index (χ4v) is 13.1. The van der Waals surface area contributed by atoms with Crippen LogP contribution in [0.4, 0.5) is 17.1 Å². The molecule has 61 heavy (non-hydrogen) atoms. The van der Waals surface area contributed by atoms with E-state index in [4.69, 9.17) is 9.47 Å². The van der Waals surface area contributed by atoms with E-state index < -0.39 is 43.8 Å². The number of aliphatic hydroxyl groups excluding tert-OH is 3. The summed E-state index contributed by atoms with van der Waals surface area (Å²) in [4.78, 5) is 42.0. The Hall–Kier alpha value is -5.71. The number of methoxy groups -OCH3 is 1. The number of benzene rings is 4. The van der Waals surface area contributed by atoms with Crippen molar-refractivity contribution in [2.45, 2.75) is 88.7 Å². The Morgan fingerprint density at radius 1 is 0.918 bits per heavy atom. The zero-order chi connectivity index (χ0) is 43.6. The topological polar surface area (TPSA) is 188 Å². The summed E-state index contributed by atoms with van der Waals surface area (Å²) >= 11 is 0. The Bertz CT molecular complexity index is 2350. The molecule has 5 N–H and O–H groups in total. The number of ether oxygens (including phenoxy) is 2. The van der Waals surface area contributed by atoms with Gasteiger partial charge in [-0.15, -0.1) is 5.10 Å². The van der Waals surface area contributed by atoms with Crippen molar-refractivity contribution >= 4 is 48.0 Å². The van der Waals surface area contributed by atoms with E-state index >= 15 is 4.79 Å². The summed E-state index contributed by atoms with van der Waals surface area (Å²) in [6.07, 6.45) is -0.479. The molecule has 320 valence electrons. The summed E-state index contributed by atoms with van der Waals surface area (Å²) in [5, 5.41) is 45.7. The van der Waals surface area contributed by atoms with E-state index in [2.05, 4.69) is 53.1 Å². The number of aliphatic hydroxyl groups is 3. The summed E-state index contributed by atoms with van der Waals surface area (Å²) < 4.78 is 14.6. The smallest absolute Gasteiger partial charge is 0.264 e. The number of fused-ring (bicyclic) bond motifs is 2. The van der Waals surface area contributed by atoms with E-state index in [1.165, 1.54) is 19.0 Å². The molecule has 1 unspecified atom stereocenters. The fraction of sp³-hybridized carbons (Fsp3) is 0.370. The summed E-state index contributed by atoms with van der Waals surface area (Å²) in [5.74, 6) is -1.27. The summed E-state index contributed by atoms with van der Waals surface area (Å²) in [6, 6.07) is 30.3. The molecule has 15 heteroatoms. The van der Waals surface area contributed by atoms with Gasteiger partial charge in [0.25, 0.3) is 17.7 Å². The van der Waals surface area contributed by atoms with E-state index in [9.17, 15) is 24.9 Å². The number of aryl methyl sites for hydroxylation is 1. The van der Waals surface area contributed by atoms with E-state index in [1.807, 2.05) is 66.9 Å². The van der Waals surface area contributed by atoms with Crippen LogP contribution in [0.25, 0.3) is 0 Å². The lowest BCUT2D eigenvalue weighted by Crippen LogP contribution is -2.51. The molecular formula is C46H54N6O8Si. The van der Waals surface area contributed by atoms with E-state index in [0.717, 1.165) is 16.9 Å². The molecule has 0 aliphatic carbocycles. The minimum atomic E-state index is -2.52. The van der Waals surface area contributed by atoms with Gasteiger partial charge in [0.15, 0.2) is 5.60 Å². The lowest BCUT2D eigenvalue weighted by molar-refractivity contribution is -0.146. The monoisotopic (exact) mass is 846 g/mol. The molecule has 4 aromatic carbocycles. The zero-order valence-electron chi connectivity index (χ0n) is 35.3. The standard InChI is InChI=1S/C46H54N6O8Si/c1-28-42(61(5,6)36-19-17-35(59-4)18-20-36)41(22-23-51-26-39(49-50-51)37(27-53)32-10-8-7-9-11-32)60-46(28)38-24-34(48-44(57)30(3)55)16-21-40(38)52(45(46)58)25-31-12-14-33(15-13-31)47-43(56)29(2)54/h7-21,24,26,28-30,37,41-42,53-55H,22-23,25,27H2,1-6H3,(H,47,56)(H,48,57)/t28-,29-,30-,37?,41+,42-,46+/m0/s1. The van der Waals surface area contributed by atoms with Crippen LogP contribution in [-0.4, -0.2) is 88.1 Å².